The maximum absolute atomic E-state index is 11.9. The molecule has 3 aromatic heterocycles. The summed E-state index contributed by atoms with van der Waals surface area (Å²) in [6.45, 7) is 4.99. The first-order valence-corrected chi connectivity index (χ1v) is 10.7. The van der Waals surface area contributed by atoms with E-state index in [1.165, 1.54) is 6.08 Å². The summed E-state index contributed by atoms with van der Waals surface area (Å²) in [5.74, 6) is 1.26. The Bertz CT molecular complexity index is 1240. The van der Waals surface area contributed by atoms with E-state index in [1.54, 1.807) is 6.20 Å². The number of piperidine rings is 1. The van der Waals surface area contributed by atoms with Gasteiger partial charge in [0.25, 0.3) is 0 Å². The molecular weight excluding hydrogens is 402 g/mol. The Kier molecular flexibility index (Phi) is 5.37. The largest absolute Gasteiger partial charge is 0.439 e. The third-order valence-corrected chi connectivity index (χ3v) is 5.79. The molecule has 0 saturated carbocycles. The van der Waals surface area contributed by atoms with Gasteiger partial charge in [-0.25, -0.2) is 4.98 Å². The topological polar surface area (TPSA) is 73.1 Å². The molecule has 7 nitrogen and oxygen atoms in total. The fourth-order valence-corrected chi connectivity index (χ4v) is 4.15. The molecule has 0 radical (unpaired) electrons. The Morgan fingerprint density at radius 2 is 1.84 bits per heavy atom. The SMILES string of the molecule is C=CC(=O)N1CCC(n2ncc3ccnc(-c4ccc(Oc5ccccn5)cc4)c32)CC1. The van der Waals surface area contributed by atoms with E-state index in [-0.39, 0.29) is 11.9 Å². The van der Waals surface area contributed by atoms with Gasteiger partial charge in [-0.3, -0.25) is 14.5 Å². The standard InChI is InChI=1S/C25H23N5O2/c1-2-23(31)29-15-11-20(12-16-29)30-25-19(17-28-30)10-14-27-24(25)18-6-8-21(9-7-18)32-22-5-3-4-13-26-22/h2-10,13-14,17,20H,1,11-12,15-16H2. The fourth-order valence-electron chi connectivity index (χ4n) is 4.15. The van der Waals surface area contributed by atoms with Crippen LogP contribution in [0.5, 0.6) is 11.6 Å². The van der Waals surface area contributed by atoms with E-state index >= 15 is 0 Å². The van der Waals surface area contributed by atoms with Crippen LogP contribution in [-0.4, -0.2) is 43.6 Å². The van der Waals surface area contributed by atoms with Crippen LogP contribution in [0, 0.1) is 0 Å². The molecule has 1 aliphatic rings. The maximum Gasteiger partial charge on any atom is 0.245 e. The monoisotopic (exact) mass is 425 g/mol. The molecule has 1 amide bonds. The molecule has 1 saturated heterocycles. The van der Waals surface area contributed by atoms with Crippen molar-refractivity contribution in [3.63, 3.8) is 0 Å². The van der Waals surface area contributed by atoms with Gasteiger partial charge in [-0.1, -0.05) is 12.6 Å². The number of likely N-dealkylation sites (tertiary alicyclic amines) is 1. The molecule has 4 aromatic rings. The molecule has 1 fully saturated rings. The predicted octanol–water partition coefficient (Wildman–Crippen LogP) is 4.64. The summed E-state index contributed by atoms with van der Waals surface area (Å²) in [7, 11) is 0. The van der Waals surface area contributed by atoms with Gasteiger partial charge in [0.1, 0.15) is 5.75 Å². The molecule has 0 aliphatic carbocycles. The van der Waals surface area contributed by atoms with Gasteiger partial charge >= 0.3 is 0 Å². The van der Waals surface area contributed by atoms with Crippen LogP contribution in [0.3, 0.4) is 0 Å². The summed E-state index contributed by atoms with van der Waals surface area (Å²) in [5, 5.41) is 5.74. The number of aromatic nitrogens is 4. The highest BCUT2D eigenvalue weighted by atomic mass is 16.5. The summed E-state index contributed by atoms with van der Waals surface area (Å²) in [5.41, 5.74) is 2.89. The lowest BCUT2D eigenvalue weighted by Crippen LogP contribution is -2.38. The van der Waals surface area contributed by atoms with Crippen LogP contribution in [0.25, 0.3) is 22.2 Å². The van der Waals surface area contributed by atoms with E-state index in [0.29, 0.717) is 24.7 Å². The Hall–Kier alpha value is -4.00. The minimum absolute atomic E-state index is 0.0101. The zero-order valence-electron chi connectivity index (χ0n) is 17.6. The van der Waals surface area contributed by atoms with Crippen molar-refractivity contribution in [2.24, 2.45) is 0 Å². The van der Waals surface area contributed by atoms with Crippen molar-refractivity contribution in [2.75, 3.05) is 13.1 Å². The first-order chi connectivity index (χ1) is 15.7. The molecule has 32 heavy (non-hydrogen) atoms. The van der Waals surface area contributed by atoms with Crippen LogP contribution in [-0.2, 0) is 4.79 Å². The van der Waals surface area contributed by atoms with Crippen LogP contribution in [0.15, 0.2) is 79.8 Å². The smallest absolute Gasteiger partial charge is 0.245 e. The van der Waals surface area contributed by atoms with Crippen LogP contribution >= 0.6 is 0 Å². The lowest BCUT2D eigenvalue weighted by atomic mass is 10.0. The van der Waals surface area contributed by atoms with Gasteiger partial charge in [0.2, 0.25) is 11.8 Å². The number of carbonyl (C=O) groups excluding carboxylic acids is 1. The Balaban J connectivity index is 1.42. The van der Waals surface area contributed by atoms with Crippen molar-refractivity contribution < 1.29 is 9.53 Å². The van der Waals surface area contributed by atoms with E-state index in [4.69, 9.17) is 4.74 Å². The van der Waals surface area contributed by atoms with Crippen LogP contribution < -0.4 is 4.74 Å². The van der Waals surface area contributed by atoms with E-state index in [0.717, 1.165) is 35.0 Å². The molecule has 7 heteroatoms. The highest BCUT2D eigenvalue weighted by Crippen LogP contribution is 2.33. The number of hydrogen-bond donors (Lipinski definition) is 0. The van der Waals surface area contributed by atoms with Crippen molar-refractivity contribution in [3.05, 3.63) is 79.8 Å². The molecule has 4 heterocycles. The molecular formula is C25H23N5O2. The van der Waals surface area contributed by atoms with Crippen molar-refractivity contribution in [2.45, 2.75) is 18.9 Å². The van der Waals surface area contributed by atoms with Gasteiger partial charge in [-0.05, 0) is 55.3 Å². The Morgan fingerprint density at radius 1 is 1.03 bits per heavy atom. The number of pyridine rings is 2. The number of rotatable bonds is 5. The number of nitrogens with zero attached hydrogens (tertiary/aromatic N) is 5. The minimum atomic E-state index is -0.0101. The highest BCUT2D eigenvalue weighted by Gasteiger charge is 2.25. The molecule has 0 bridgehead atoms. The lowest BCUT2D eigenvalue weighted by Gasteiger charge is -2.31. The number of hydrogen-bond acceptors (Lipinski definition) is 5. The highest BCUT2D eigenvalue weighted by molar-refractivity contribution is 5.91. The second-order valence-electron chi connectivity index (χ2n) is 7.74. The van der Waals surface area contributed by atoms with E-state index in [2.05, 4.69) is 26.3 Å². The second-order valence-corrected chi connectivity index (χ2v) is 7.74. The zero-order chi connectivity index (χ0) is 21.9. The molecule has 5 rings (SSSR count). The van der Waals surface area contributed by atoms with E-state index in [1.807, 2.05) is 65.8 Å². The molecule has 1 aliphatic heterocycles. The van der Waals surface area contributed by atoms with Crippen LogP contribution in [0.1, 0.15) is 18.9 Å². The van der Waals surface area contributed by atoms with Gasteiger partial charge in [-0.2, -0.15) is 5.10 Å². The molecule has 0 unspecified atom stereocenters. The number of ether oxygens (including phenoxy) is 1. The quantitative estimate of drug-likeness (QED) is 0.436. The third-order valence-electron chi connectivity index (χ3n) is 5.79. The van der Waals surface area contributed by atoms with Gasteiger partial charge < -0.3 is 9.64 Å². The average Bonchev–Trinajstić information content (AvgIpc) is 3.29. The zero-order valence-corrected chi connectivity index (χ0v) is 17.6. The molecule has 0 atom stereocenters. The van der Waals surface area contributed by atoms with Gasteiger partial charge in [-0.15, -0.1) is 0 Å². The second kappa shape index (κ2) is 8.63. The van der Waals surface area contributed by atoms with E-state index in [9.17, 15) is 4.79 Å². The number of amides is 1. The van der Waals surface area contributed by atoms with Crippen LogP contribution in [0.2, 0.25) is 0 Å². The minimum Gasteiger partial charge on any atom is -0.439 e. The predicted molar refractivity (Wildman–Crippen MR) is 122 cm³/mol. The summed E-state index contributed by atoms with van der Waals surface area (Å²) in [4.78, 5) is 22.6. The molecule has 160 valence electrons. The van der Waals surface area contributed by atoms with Crippen molar-refractivity contribution in [3.8, 4) is 22.9 Å². The number of carbonyl (C=O) groups is 1. The summed E-state index contributed by atoms with van der Waals surface area (Å²) >= 11 is 0. The lowest BCUT2D eigenvalue weighted by molar-refractivity contribution is -0.127. The van der Waals surface area contributed by atoms with Crippen molar-refractivity contribution in [1.82, 2.24) is 24.6 Å². The third kappa shape index (κ3) is 3.85. The average molecular weight is 425 g/mol. The first-order valence-electron chi connectivity index (χ1n) is 10.7. The van der Waals surface area contributed by atoms with Crippen molar-refractivity contribution in [1.29, 1.82) is 0 Å². The van der Waals surface area contributed by atoms with Crippen LogP contribution in [0.4, 0.5) is 0 Å². The summed E-state index contributed by atoms with van der Waals surface area (Å²) in [6, 6.07) is 15.6. The number of fused-ring (bicyclic) bond motifs is 1. The normalized spacial score (nSPS) is 14.4. The molecule has 1 aromatic carbocycles. The summed E-state index contributed by atoms with van der Waals surface area (Å²) < 4.78 is 7.89. The van der Waals surface area contributed by atoms with Gasteiger partial charge in [0.05, 0.1) is 23.4 Å². The molecule has 0 spiro atoms. The van der Waals surface area contributed by atoms with Gasteiger partial charge in [0.15, 0.2) is 0 Å². The Labute approximate surface area is 186 Å². The fraction of sp³-hybridized carbons (Fsp3) is 0.200. The molecule has 0 N–H and O–H groups in total. The number of benzene rings is 1. The van der Waals surface area contributed by atoms with E-state index < -0.39 is 0 Å². The van der Waals surface area contributed by atoms with Gasteiger partial charge in [0, 0.05) is 42.5 Å². The Morgan fingerprint density at radius 3 is 2.56 bits per heavy atom. The maximum atomic E-state index is 11.9. The first kappa shape index (κ1) is 19.9. The summed E-state index contributed by atoms with van der Waals surface area (Å²) in [6.07, 6.45) is 8.48. The van der Waals surface area contributed by atoms with Crippen molar-refractivity contribution >= 4 is 16.8 Å².